The summed E-state index contributed by atoms with van der Waals surface area (Å²) in [4.78, 5) is 0. The van der Waals surface area contributed by atoms with Gasteiger partial charge in [-0.05, 0) is 43.0 Å². The smallest absolute Gasteiger partial charge is 0.163 e. The Morgan fingerprint density at radius 2 is 2.00 bits per heavy atom. The molecule has 1 aromatic rings. The Hall–Kier alpha value is -1.29. The molecule has 0 saturated heterocycles. The van der Waals surface area contributed by atoms with Crippen LogP contribution in [-0.4, -0.2) is 25.9 Å². The van der Waals surface area contributed by atoms with Crippen molar-refractivity contribution in [3.8, 4) is 11.5 Å². The van der Waals surface area contributed by atoms with Crippen LogP contribution in [0.4, 0.5) is 4.39 Å². The van der Waals surface area contributed by atoms with E-state index in [2.05, 4.69) is 0 Å². The number of aliphatic hydroxyl groups is 1. The molecule has 1 rings (SSSR count). The summed E-state index contributed by atoms with van der Waals surface area (Å²) in [6.07, 6.45) is 0.197. The van der Waals surface area contributed by atoms with Gasteiger partial charge in [-0.25, -0.2) is 4.39 Å². The third kappa shape index (κ3) is 3.33. The lowest BCUT2D eigenvalue weighted by Crippen LogP contribution is -2.00. The van der Waals surface area contributed by atoms with Crippen LogP contribution >= 0.6 is 0 Å². The van der Waals surface area contributed by atoms with Crippen LogP contribution in [0.25, 0.3) is 0 Å². The average Bonchev–Trinajstić information content (AvgIpc) is 2.34. The molecular weight excluding hydrogens is 223 g/mol. The van der Waals surface area contributed by atoms with Crippen LogP contribution in [0.15, 0.2) is 12.1 Å². The highest BCUT2D eigenvalue weighted by molar-refractivity contribution is 5.50. The first-order valence-corrected chi connectivity index (χ1v) is 5.63. The molecule has 17 heavy (non-hydrogen) atoms. The number of alkyl halides is 1. The van der Waals surface area contributed by atoms with Crippen molar-refractivity contribution in [2.75, 3.05) is 20.8 Å². The van der Waals surface area contributed by atoms with Gasteiger partial charge in [-0.2, -0.15) is 0 Å². The standard InChI is InChI=1S/C13H19FO3/c1-9(14)11-7-10(5-4-6-15)13(17-3)12(8-11)16-2/h7-9,15H,4-6H2,1-3H3. The first-order chi connectivity index (χ1) is 8.13. The maximum absolute atomic E-state index is 13.3. The maximum Gasteiger partial charge on any atom is 0.163 e. The zero-order chi connectivity index (χ0) is 12.8. The molecule has 1 atom stereocenters. The Morgan fingerprint density at radius 1 is 1.29 bits per heavy atom. The molecule has 0 radical (unpaired) electrons. The topological polar surface area (TPSA) is 38.7 Å². The van der Waals surface area contributed by atoms with Gasteiger partial charge in [0.25, 0.3) is 0 Å². The molecule has 1 N–H and O–H groups in total. The molecule has 0 fully saturated rings. The monoisotopic (exact) mass is 242 g/mol. The lowest BCUT2D eigenvalue weighted by molar-refractivity contribution is 0.287. The minimum atomic E-state index is -1.05. The molecule has 0 bridgehead atoms. The van der Waals surface area contributed by atoms with Gasteiger partial charge < -0.3 is 14.6 Å². The van der Waals surface area contributed by atoms with E-state index in [-0.39, 0.29) is 6.61 Å². The highest BCUT2D eigenvalue weighted by Crippen LogP contribution is 2.35. The maximum atomic E-state index is 13.3. The first-order valence-electron chi connectivity index (χ1n) is 5.63. The van der Waals surface area contributed by atoms with Crippen LogP contribution in [0.5, 0.6) is 11.5 Å². The summed E-state index contributed by atoms with van der Waals surface area (Å²) in [7, 11) is 3.08. The van der Waals surface area contributed by atoms with E-state index >= 15 is 0 Å². The van der Waals surface area contributed by atoms with Gasteiger partial charge in [0.15, 0.2) is 11.5 Å². The highest BCUT2D eigenvalue weighted by Gasteiger charge is 2.14. The Balaban J connectivity index is 3.17. The number of rotatable bonds is 6. The summed E-state index contributed by atoms with van der Waals surface area (Å²) in [5.74, 6) is 1.15. The number of aliphatic hydroxyl groups excluding tert-OH is 1. The van der Waals surface area contributed by atoms with Crippen molar-refractivity contribution in [2.24, 2.45) is 0 Å². The van der Waals surface area contributed by atoms with Crippen LogP contribution < -0.4 is 9.47 Å². The van der Waals surface area contributed by atoms with Gasteiger partial charge in [-0.1, -0.05) is 0 Å². The van der Waals surface area contributed by atoms with Crippen molar-refractivity contribution in [3.63, 3.8) is 0 Å². The number of hydrogen-bond donors (Lipinski definition) is 1. The molecule has 1 unspecified atom stereocenters. The van der Waals surface area contributed by atoms with E-state index in [0.29, 0.717) is 29.9 Å². The molecule has 0 heterocycles. The predicted octanol–water partition coefficient (Wildman–Crippen LogP) is 2.66. The van der Waals surface area contributed by atoms with Crippen LogP contribution in [0.1, 0.15) is 30.6 Å². The molecule has 3 nitrogen and oxygen atoms in total. The van der Waals surface area contributed by atoms with E-state index in [1.54, 1.807) is 19.2 Å². The van der Waals surface area contributed by atoms with Gasteiger partial charge in [0.1, 0.15) is 6.17 Å². The fourth-order valence-electron chi connectivity index (χ4n) is 1.75. The van der Waals surface area contributed by atoms with Gasteiger partial charge in [0.2, 0.25) is 0 Å². The lowest BCUT2D eigenvalue weighted by atomic mass is 10.0. The summed E-state index contributed by atoms with van der Waals surface area (Å²) >= 11 is 0. The van der Waals surface area contributed by atoms with Crippen LogP contribution in [-0.2, 0) is 6.42 Å². The van der Waals surface area contributed by atoms with Crippen LogP contribution in [0.3, 0.4) is 0 Å². The second-order valence-electron chi connectivity index (χ2n) is 3.86. The lowest BCUT2D eigenvalue weighted by Gasteiger charge is -2.15. The van der Waals surface area contributed by atoms with Crippen molar-refractivity contribution in [3.05, 3.63) is 23.3 Å². The SMILES string of the molecule is COc1cc(C(C)F)cc(CCCO)c1OC. The molecule has 0 aliphatic rings. The molecule has 96 valence electrons. The summed E-state index contributed by atoms with van der Waals surface area (Å²) in [5, 5.41) is 8.85. The average molecular weight is 242 g/mol. The summed E-state index contributed by atoms with van der Waals surface area (Å²) in [6, 6.07) is 3.41. The number of aryl methyl sites for hydroxylation is 1. The molecule has 0 saturated carbocycles. The number of methoxy groups -OCH3 is 2. The minimum absolute atomic E-state index is 0.0981. The van der Waals surface area contributed by atoms with E-state index in [0.717, 1.165) is 5.56 Å². The minimum Gasteiger partial charge on any atom is -0.493 e. The molecule has 0 spiro atoms. The highest BCUT2D eigenvalue weighted by atomic mass is 19.1. The van der Waals surface area contributed by atoms with Gasteiger partial charge in [-0.3, -0.25) is 0 Å². The second kappa shape index (κ2) is 6.45. The molecule has 1 aromatic carbocycles. The first kappa shape index (κ1) is 13.8. The third-order valence-electron chi connectivity index (χ3n) is 2.64. The molecule has 0 aliphatic carbocycles. The fourth-order valence-corrected chi connectivity index (χ4v) is 1.75. The summed E-state index contributed by atoms with van der Waals surface area (Å²) in [6.45, 7) is 1.58. The van der Waals surface area contributed by atoms with E-state index in [1.165, 1.54) is 14.0 Å². The molecule has 4 heteroatoms. The Morgan fingerprint density at radius 3 is 2.47 bits per heavy atom. The number of ether oxygens (including phenoxy) is 2. The number of halogens is 1. The van der Waals surface area contributed by atoms with Gasteiger partial charge in [-0.15, -0.1) is 0 Å². The summed E-state index contributed by atoms with van der Waals surface area (Å²) < 4.78 is 23.8. The Labute approximate surface area is 101 Å². The second-order valence-corrected chi connectivity index (χ2v) is 3.86. The third-order valence-corrected chi connectivity index (χ3v) is 2.64. The van der Waals surface area contributed by atoms with Crippen molar-refractivity contribution in [1.82, 2.24) is 0 Å². The quantitative estimate of drug-likeness (QED) is 0.833. The zero-order valence-corrected chi connectivity index (χ0v) is 10.5. The van der Waals surface area contributed by atoms with Crippen molar-refractivity contribution < 1.29 is 19.0 Å². The molecule has 0 aliphatic heterocycles. The van der Waals surface area contributed by atoms with E-state index in [4.69, 9.17) is 14.6 Å². The largest absolute Gasteiger partial charge is 0.493 e. The Bertz CT molecular complexity index is 364. The van der Waals surface area contributed by atoms with Gasteiger partial charge in [0.05, 0.1) is 14.2 Å². The normalized spacial score (nSPS) is 12.3. The zero-order valence-electron chi connectivity index (χ0n) is 10.5. The predicted molar refractivity (Wildman–Crippen MR) is 64.5 cm³/mol. The van der Waals surface area contributed by atoms with Gasteiger partial charge >= 0.3 is 0 Å². The molecule has 0 aromatic heterocycles. The van der Waals surface area contributed by atoms with Crippen molar-refractivity contribution >= 4 is 0 Å². The van der Waals surface area contributed by atoms with E-state index in [9.17, 15) is 4.39 Å². The van der Waals surface area contributed by atoms with Crippen molar-refractivity contribution in [1.29, 1.82) is 0 Å². The molecule has 0 amide bonds. The van der Waals surface area contributed by atoms with Crippen molar-refractivity contribution in [2.45, 2.75) is 25.9 Å². The molecular formula is C13H19FO3. The van der Waals surface area contributed by atoms with Crippen LogP contribution in [0.2, 0.25) is 0 Å². The summed E-state index contributed by atoms with van der Waals surface area (Å²) in [5.41, 5.74) is 1.43. The fraction of sp³-hybridized carbons (Fsp3) is 0.538. The van der Waals surface area contributed by atoms with E-state index in [1.807, 2.05) is 0 Å². The van der Waals surface area contributed by atoms with E-state index < -0.39 is 6.17 Å². The number of hydrogen-bond acceptors (Lipinski definition) is 3. The van der Waals surface area contributed by atoms with Gasteiger partial charge in [0, 0.05) is 6.61 Å². The number of benzene rings is 1. The van der Waals surface area contributed by atoms with Crippen LogP contribution in [0, 0.1) is 0 Å². The Kier molecular flexibility index (Phi) is 5.22.